The van der Waals surface area contributed by atoms with Gasteiger partial charge in [0.25, 0.3) is 5.85 Å². The highest BCUT2D eigenvalue weighted by molar-refractivity contribution is 8.65. The first-order chi connectivity index (χ1) is 4.52. The van der Waals surface area contributed by atoms with Crippen molar-refractivity contribution in [2.45, 2.75) is 25.5 Å². The molecule has 0 bridgehead atoms. The van der Waals surface area contributed by atoms with Crippen LogP contribution in [-0.2, 0) is 4.57 Å². The first-order valence-corrected chi connectivity index (χ1v) is 7.28. The Hall–Kier alpha value is 0.830. The third-order valence-electron chi connectivity index (χ3n) is 1.16. The molecular weight excluding hydrogens is 189 g/mol. The standard InChI is InChI=1S/C5H13ClNOPS/c1-4-5(2)10-9(6,8)7-3/h5H,4H2,1-3H3,(H,7,8). The first-order valence-electron chi connectivity index (χ1n) is 3.19. The molecule has 1 N–H and O–H groups in total. The summed E-state index contributed by atoms with van der Waals surface area (Å²) in [6.07, 6.45) is 0.989. The van der Waals surface area contributed by atoms with E-state index in [1.54, 1.807) is 7.05 Å². The van der Waals surface area contributed by atoms with Crippen LogP contribution < -0.4 is 5.09 Å². The average Bonchev–Trinajstić information content (AvgIpc) is 1.87. The van der Waals surface area contributed by atoms with Crippen molar-refractivity contribution in [3.05, 3.63) is 0 Å². The molecule has 62 valence electrons. The lowest BCUT2D eigenvalue weighted by atomic mass is 10.4. The Morgan fingerprint density at radius 3 is 2.60 bits per heavy atom. The van der Waals surface area contributed by atoms with Gasteiger partial charge in [-0.05, 0) is 24.7 Å². The molecular formula is C5H13ClNOPS. The quantitative estimate of drug-likeness (QED) is 0.709. The van der Waals surface area contributed by atoms with Crippen LogP contribution in [0.5, 0.6) is 0 Å². The van der Waals surface area contributed by atoms with Gasteiger partial charge in [-0.2, -0.15) is 0 Å². The van der Waals surface area contributed by atoms with Crippen LogP contribution in [0.25, 0.3) is 0 Å². The Morgan fingerprint density at radius 2 is 2.30 bits per heavy atom. The largest absolute Gasteiger partial charge is 0.286 e. The second-order valence-corrected chi connectivity index (χ2v) is 8.65. The molecule has 0 aromatic carbocycles. The van der Waals surface area contributed by atoms with Crippen LogP contribution in [0.15, 0.2) is 0 Å². The summed E-state index contributed by atoms with van der Waals surface area (Å²) >= 11 is 6.91. The minimum atomic E-state index is -2.61. The fourth-order valence-electron chi connectivity index (χ4n) is 0.359. The molecule has 10 heavy (non-hydrogen) atoms. The van der Waals surface area contributed by atoms with Crippen LogP contribution in [0, 0.1) is 0 Å². The summed E-state index contributed by atoms with van der Waals surface area (Å²) in [7, 11) is 1.61. The highest BCUT2D eigenvalue weighted by Gasteiger charge is 2.18. The summed E-state index contributed by atoms with van der Waals surface area (Å²) in [5.41, 5.74) is 0. The molecule has 0 aromatic heterocycles. The Balaban J connectivity index is 3.77. The smallest absolute Gasteiger partial charge is 0.277 e. The van der Waals surface area contributed by atoms with Gasteiger partial charge in [0, 0.05) is 5.25 Å². The molecule has 0 aliphatic carbocycles. The van der Waals surface area contributed by atoms with E-state index in [0.29, 0.717) is 5.25 Å². The van der Waals surface area contributed by atoms with Gasteiger partial charge in [0.05, 0.1) is 0 Å². The third-order valence-corrected chi connectivity index (χ3v) is 6.32. The van der Waals surface area contributed by atoms with E-state index in [-0.39, 0.29) is 0 Å². The minimum Gasteiger partial charge on any atom is -0.277 e. The van der Waals surface area contributed by atoms with E-state index in [2.05, 4.69) is 5.09 Å². The van der Waals surface area contributed by atoms with Crippen LogP contribution in [-0.4, -0.2) is 12.3 Å². The molecule has 0 aliphatic rings. The zero-order valence-electron chi connectivity index (χ0n) is 6.43. The van der Waals surface area contributed by atoms with Gasteiger partial charge < -0.3 is 0 Å². The van der Waals surface area contributed by atoms with Crippen molar-refractivity contribution in [3.63, 3.8) is 0 Å². The van der Waals surface area contributed by atoms with Crippen molar-refractivity contribution in [2.24, 2.45) is 0 Å². The van der Waals surface area contributed by atoms with E-state index < -0.39 is 5.85 Å². The Morgan fingerprint density at radius 1 is 1.80 bits per heavy atom. The Bertz CT molecular complexity index is 144. The van der Waals surface area contributed by atoms with E-state index in [1.807, 2.05) is 13.8 Å². The molecule has 0 amide bonds. The van der Waals surface area contributed by atoms with E-state index in [9.17, 15) is 4.57 Å². The van der Waals surface area contributed by atoms with Gasteiger partial charge in [0.1, 0.15) is 0 Å². The van der Waals surface area contributed by atoms with E-state index in [1.165, 1.54) is 11.4 Å². The van der Waals surface area contributed by atoms with Gasteiger partial charge in [-0.3, -0.25) is 4.57 Å². The lowest BCUT2D eigenvalue weighted by Crippen LogP contribution is -1.99. The molecule has 2 atom stereocenters. The van der Waals surface area contributed by atoms with Crippen LogP contribution in [0.4, 0.5) is 0 Å². The predicted molar refractivity (Wildman–Crippen MR) is 49.9 cm³/mol. The van der Waals surface area contributed by atoms with Gasteiger partial charge in [-0.1, -0.05) is 25.2 Å². The summed E-state index contributed by atoms with van der Waals surface area (Å²) < 4.78 is 11.2. The SMILES string of the molecule is CCC(C)SP(=O)(Cl)NC. The molecule has 0 aromatic rings. The van der Waals surface area contributed by atoms with Crippen molar-refractivity contribution in [1.29, 1.82) is 0 Å². The number of hydrogen-bond donors (Lipinski definition) is 1. The van der Waals surface area contributed by atoms with Crippen LogP contribution in [0.1, 0.15) is 20.3 Å². The van der Waals surface area contributed by atoms with Gasteiger partial charge in [0.15, 0.2) is 0 Å². The van der Waals surface area contributed by atoms with Crippen LogP contribution in [0.2, 0.25) is 0 Å². The second kappa shape index (κ2) is 4.66. The van der Waals surface area contributed by atoms with E-state index in [4.69, 9.17) is 11.2 Å². The molecule has 0 heterocycles. The highest BCUT2D eigenvalue weighted by Crippen LogP contribution is 2.61. The maximum Gasteiger partial charge on any atom is 0.286 e. The molecule has 0 spiro atoms. The molecule has 0 fully saturated rings. The number of halogens is 1. The van der Waals surface area contributed by atoms with Gasteiger partial charge >= 0.3 is 0 Å². The normalized spacial score (nSPS) is 20.0. The molecule has 0 saturated heterocycles. The van der Waals surface area contributed by atoms with Crippen molar-refractivity contribution < 1.29 is 4.57 Å². The van der Waals surface area contributed by atoms with Gasteiger partial charge in [-0.15, -0.1) is 0 Å². The predicted octanol–water partition coefficient (Wildman–Crippen LogP) is 3.08. The van der Waals surface area contributed by atoms with Crippen LogP contribution in [0.3, 0.4) is 0 Å². The zero-order chi connectivity index (χ0) is 8.20. The summed E-state index contributed by atoms with van der Waals surface area (Å²) in [6.45, 7) is 4.06. The van der Waals surface area contributed by atoms with Gasteiger partial charge in [0.2, 0.25) is 0 Å². The van der Waals surface area contributed by atoms with Crippen molar-refractivity contribution in [3.8, 4) is 0 Å². The summed E-state index contributed by atoms with van der Waals surface area (Å²) in [5.74, 6) is -2.61. The van der Waals surface area contributed by atoms with Crippen molar-refractivity contribution >= 4 is 28.5 Å². The summed E-state index contributed by atoms with van der Waals surface area (Å²) in [6, 6.07) is 0. The molecule has 0 aliphatic heterocycles. The fraction of sp³-hybridized carbons (Fsp3) is 1.00. The Labute approximate surface area is 71.1 Å². The zero-order valence-corrected chi connectivity index (χ0v) is 8.89. The molecule has 0 rings (SSSR count). The second-order valence-electron chi connectivity index (χ2n) is 2.03. The lowest BCUT2D eigenvalue weighted by molar-refractivity contribution is 0.588. The summed E-state index contributed by atoms with van der Waals surface area (Å²) in [4.78, 5) is 0. The van der Waals surface area contributed by atoms with E-state index >= 15 is 0 Å². The van der Waals surface area contributed by atoms with Crippen LogP contribution >= 0.6 is 28.5 Å². The molecule has 2 nitrogen and oxygen atoms in total. The minimum absolute atomic E-state index is 0.357. The molecule has 2 unspecified atom stereocenters. The third kappa shape index (κ3) is 4.62. The number of hydrogen-bond acceptors (Lipinski definition) is 2. The molecule has 5 heteroatoms. The number of rotatable bonds is 4. The molecule has 0 saturated carbocycles. The van der Waals surface area contributed by atoms with Gasteiger partial charge in [-0.25, -0.2) is 5.09 Å². The average molecular weight is 202 g/mol. The molecule has 0 radical (unpaired) electrons. The highest BCUT2D eigenvalue weighted by atomic mass is 35.7. The maximum absolute atomic E-state index is 11.2. The number of nitrogens with one attached hydrogen (secondary N) is 1. The van der Waals surface area contributed by atoms with E-state index in [0.717, 1.165) is 6.42 Å². The summed E-state index contributed by atoms with van der Waals surface area (Å²) in [5, 5.41) is 2.95. The Kier molecular flexibility index (Phi) is 5.04. The van der Waals surface area contributed by atoms with Crippen molar-refractivity contribution in [1.82, 2.24) is 5.09 Å². The topological polar surface area (TPSA) is 29.1 Å². The lowest BCUT2D eigenvalue weighted by Gasteiger charge is -2.12. The van der Waals surface area contributed by atoms with Crippen molar-refractivity contribution in [2.75, 3.05) is 7.05 Å². The fourth-order valence-corrected chi connectivity index (χ4v) is 4.45. The first kappa shape index (κ1) is 10.8. The maximum atomic E-state index is 11.2. The monoisotopic (exact) mass is 201 g/mol.